The van der Waals surface area contributed by atoms with Gasteiger partial charge in [-0.25, -0.2) is 0 Å². The maximum absolute atomic E-state index is 10.8. The van der Waals surface area contributed by atoms with Crippen LogP contribution in [-0.2, 0) is 43.3 Å². The third-order valence-electron chi connectivity index (χ3n) is 13.9. The van der Waals surface area contributed by atoms with Crippen LogP contribution in [0.25, 0.3) is 0 Å². The molecule has 6 aromatic carbocycles. The molecule has 82 heavy (non-hydrogen) atoms. The second-order valence-electron chi connectivity index (χ2n) is 30.2. The standard InChI is InChI=1S/2C22H30O2S.2C14H22O.2Sm/c2*1-13-9-15(21(3,4)5)19(23)17(11-13)25-18-12-14(2)10-16(20(18)24)22(6,7)8;2*1-13(2,3)10-8-7-9-11(12(10)15)14(4,5)6;;/h2*9-12,23-24H,1-8H3;2*7-9,15H,1-6H3;;. The van der Waals surface area contributed by atoms with Gasteiger partial charge in [0.2, 0.25) is 0 Å². The first-order valence-corrected chi connectivity index (χ1v) is 29.9. The van der Waals surface area contributed by atoms with E-state index in [1.54, 1.807) is 0 Å². The van der Waals surface area contributed by atoms with Crippen LogP contribution in [0.5, 0.6) is 34.5 Å². The van der Waals surface area contributed by atoms with Gasteiger partial charge >= 0.3 is 0 Å². The van der Waals surface area contributed by atoms with Gasteiger partial charge in [0.25, 0.3) is 0 Å². The molecule has 0 saturated carbocycles. The molecule has 6 nitrogen and oxygen atoms in total. The minimum absolute atomic E-state index is 0. The summed E-state index contributed by atoms with van der Waals surface area (Å²) in [6, 6.07) is 28.1. The molecule has 0 aliphatic carbocycles. The molecule has 0 aliphatic heterocycles. The SMILES string of the molecule is CC(C)(C)c1cccc(C(C)(C)C)c1O.CC(C)(C)c1cccc(C(C)(C)C)c1O.Cc1cc(Sc2cc(C)cc(C(C)(C)C)c2O)c(O)c(C(C)(C)C)c1.Cc1cc(Sc2cc(C)cc(C(C)(C)C)c2O)c(O)c(C(C)(C)C)c1.[Sm].[Sm]. The third kappa shape index (κ3) is 21.4. The van der Waals surface area contributed by atoms with E-state index in [4.69, 9.17) is 0 Å². The second kappa shape index (κ2) is 29.0. The Labute approximate surface area is 571 Å². The summed E-state index contributed by atoms with van der Waals surface area (Å²) in [7, 11) is 0. The van der Waals surface area contributed by atoms with Crippen molar-refractivity contribution in [3.8, 4) is 34.5 Å². The van der Waals surface area contributed by atoms with Gasteiger partial charge in [0.05, 0.1) is 19.6 Å². The van der Waals surface area contributed by atoms with Crippen LogP contribution in [0.4, 0.5) is 0 Å². The molecule has 0 radical (unpaired) electrons. The van der Waals surface area contributed by atoms with Crippen molar-refractivity contribution in [2.24, 2.45) is 0 Å². The molecular weight excluding hydrogens is 1330 g/mol. The maximum Gasteiger partial charge on any atom is 0.133 e. The van der Waals surface area contributed by atoms with Crippen LogP contribution in [0, 0.1) is 108 Å². The van der Waals surface area contributed by atoms with Crippen molar-refractivity contribution < 1.29 is 111 Å². The van der Waals surface area contributed by atoms with Gasteiger partial charge in [0, 0.05) is 103 Å². The second-order valence-corrected chi connectivity index (χ2v) is 32.4. The summed E-state index contributed by atoms with van der Waals surface area (Å²) in [6.07, 6.45) is 0. The van der Waals surface area contributed by atoms with Gasteiger partial charge in [0.15, 0.2) is 0 Å². The zero-order valence-corrected chi connectivity index (χ0v) is 62.3. The molecule has 0 amide bonds. The predicted molar refractivity (Wildman–Crippen MR) is 345 cm³/mol. The largest absolute Gasteiger partial charge is 0.507 e. The fourth-order valence-corrected chi connectivity index (χ4v) is 11.6. The number of hydrogen-bond acceptors (Lipinski definition) is 8. The van der Waals surface area contributed by atoms with Crippen LogP contribution in [0.2, 0.25) is 0 Å². The Morgan fingerprint density at radius 1 is 0.232 bits per heavy atom. The van der Waals surface area contributed by atoms with E-state index in [9.17, 15) is 30.6 Å². The van der Waals surface area contributed by atoms with E-state index < -0.39 is 0 Å². The molecule has 10 heteroatoms. The molecule has 6 rings (SSSR count). The Morgan fingerprint density at radius 3 is 0.512 bits per heavy atom. The van der Waals surface area contributed by atoms with E-state index in [-0.39, 0.29) is 124 Å². The molecule has 0 heterocycles. The van der Waals surface area contributed by atoms with Gasteiger partial charge in [-0.3, -0.25) is 0 Å². The molecular formula is C72H104O6S2Sm2. The number of hydrogen-bond donors (Lipinski definition) is 6. The molecule has 452 valence electrons. The van der Waals surface area contributed by atoms with Crippen molar-refractivity contribution in [3.63, 3.8) is 0 Å². The fraction of sp³-hybridized carbons (Fsp3) is 0.500. The van der Waals surface area contributed by atoms with Gasteiger partial charge in [-0.15, -0.1) is 0 Å². The normalized spacial score (nSPS) is 12.3. The number of benzene rings is 6. The first-order chi connectivity index (χ1) is 35.9. The van der Waals surface area contributed by atoms with Crippen molar-refractivity contribution in [1.82, 2.24) is 0 Å². The van der Waals surface area contributed by atoms with Crippen LogP contribution in [0.1, 0.15) is 233 Å². The van der Waals surface area contributed by atoms with Crippen LogP contribution in [0.3, 0.4) is 0 Å². The van der Waals surface area contributed by atoms with E-state index in [2.05, 4.69) is 166 Å². The van der Waals surface area contributed by atoms with Gasteiger partial charge < -0.3 is 30.6 Å². The van der Waals surface area contributed by atoms with E-state index in [0.717, 1.165) is 86.3 Å². The van der Waals surface area contributed by atoms with Crippen LogP contribution >= 0.6 is 23.5 Å². The van der Waals surface area contributed by atoms with Crippen molar-refractivity contribution >= 4 is 23.5 Å². The van der Waals surface area contributed by atoms with E-state index >= 15 is 0 Å². The Bertz CT molecular complexity index is 2710. The van der Waals surface area contributed by atoms with Crippen molar-refractivity contribution in [1.29, 1.82) is 0 Å². The smallest absolute Gasteiger partial charge is 0.133 e. The number of phenolic OH excluding ortho intramolecular Hbond substituents is 6. The summed E-state index contributed by atoms with van der Waals surface area (Å²) in [5, 5.41) is 63.7. The van der Waals surface area contributed by atoms with Crippen LogP contribution < -0.4 is 0 Å². The molecule has 0 unspecified atom stereocenters. The molecule has 0 saturated heterocycles. The molecule has 0 atom stereocenters. The summed E-state index contributed by atoms with van der Waals surface area (Å²) in [5.41, 5.74) is 11.6. The summed E-state index contributed by atoms with van der Waals surface area (Å²) >= 11 is 2.86. The average molecular weight is 1430 g/mol. The van der Waals surface area contributed by atoms with E-state index in [0.29, 0.717) is 34.5 Å². The molecule has 0 bridgehead atoms. The van der Waals surface area contributed by atoms with Gasteiger partial charge in [0.1, 0.15) is 34.5 Å². The maximum atomic E-state index is 10.8. The predicted octanol–water partition coefficient (Wildman–Crippen LogP) is 20.9. The summed E-state index contributed by atoms with van der Waals surface area (Å²) in [6.45, 7) is 58.7. The first-order valence-electron chi connectivity index (χ1n) is 28.3. The zero-order valence-electron chi connectivity index (χ0n) is 55.4. The summed E-state index contributed by atoms with van der Waals surface area (Å²) in [5.74, 6) is 2.14. The Balaban J connectivity index is 0.000000558. The average Bonchev–Trinajstić information content (AvgIpc) is 3.26. The first kappa shape index (κ1) is 77.5. The van der Waals surface area contributed by atoms with Crippen molar-refractivity contribution in [3.05, 3.63) is 152 Å². The summed E-state index contributed by atoms with van der Waals surface area (Å²) < 4.78 is 0. The number of aromatic hydroxyl groups is 6. The van der Waals surface area contributed by atoms with Crippen LogP contribution in [0.15, 0.2) is 105 Å². The molecule has 6 aromatic rings. The van der Waals surface area contributed by atoms with Gasteiger partial charge in [-0.05, 0) is 140 Å². The number of phenols is 6. The minimum atomic E-state index is -0.142. The number of aryl methyl sites for hydroxylation is 4. The van der Waals surface area contributed by atoms with Crippen LogP contribution in [-0.4, -0.2) is 30.6 Å². The monoisotopic (exact) mass is 1430 g/mol. The van der Waals surface area contributed by atoms with Crippen molar-refractivity contribution in [2.45, 2.75) is 257 Å². The zero-order chi connectivity index (χ0) is 62.0. The van der Waals surface area contributed by atoms with Gasteiger partial charge in [-0.1, -0.05) is 250 Å². The van der Waals surface area contributed by atoms with Gasteiger partial charge in [-0.2, -0.15) is 0 Å². The van der Waals surface area contributed by atoms with E-state index in [1.165, 1.54) is 23.5 Å². The third-order valence-corrected chi connectivity index (χ3v) is 16.0. The number of rotatable bonds is 4. The quantitative estimate of drug-likeness (QED) is 0.103. The molecule has 0 aromatic heterocycles. The topological polar surface area (TPSA) is 121 Å². The summed E-state index contributed by atoms with van der Waals surface area (Å²) in [4.78, 5) is 3.13. The molecule has 6 N–H and O–H groups in total. The molecule has 0 fully saturated rings. The Hall–Kier alpha value is -2.50. The fourth-order valence-electron chi connectivity index (χ4n) is 9.33. The minimum Gasteiger partial charge on any atom is -0.507 e. The molecule has 0 spiro atoms. The van der Waals surface area contributed by atoms with E-state index in [1.807, 2.05) is 113 Å². The Morgan fingerprint density at radius 2 is 0.378 bits per heavy atom. The Kier molecular flexibility index (Phi) is 27.4. The number of para-hydroxylation sites is 2. The molecule has 0 aliphatic rings. The van der Waals surface area contributed by atoms with Crippen molar-refractivity contribution in [2.75, 3.05) is 0 Å².